The van der Waals surface area contributed by atoms with Crippen molar-refractivity contribution in [1.29, 1.82) is 10.8 Å². The molecule has 7 nitrogen and oxygen atoms in total. The SMILES string of the molecule is C=C[C@@H](CC(C)C)C(=O)N1CCc2cc(F)c(C(=O)NC(=C)/C=C\C=C(/C)C(=N)N3CCCC3=N)cc2C1. The van der Waals surface area contributed by atoms with Gasteiger partial charge in [0, 0.05) is 31.8 Å². The Hall–Kier alpha value is -3.81. The summed E-state index contributed by atoms with van der Waals surface area (Å²) in [6.07, 6.45) is 9.43. The van der Waals surface area contributed by atoms with Crippen molar-refractivity contribution in [3.8, 4) is 0 Å². The van der Waals surface area contributed by atoms with Crippen LogP contribution in [-0.2, 0) is 17.8 Å². The van der Waals surface area contributed by atoms with Crippen molar-refractivity contribution >= 4 is 23.5 Å². The van der Waals surface area contributed by atoms with E-state index in [2.05, 4.69) is 32.3 Å². The molecule has 38 heavy (non-hydrogen) atoms. The maximum Gasteiger partial charge on any atom is 0.258 e. The molecule has 1 aromatic rings. The van der Waals surface area contributed by atoms with Crippen molar-refractivity contribution in [3.05, 3.63) is 83.4 Å². The van der Waals surface area contributed by atoms with E-state index >= 15 is 0 Å². The van der Waals surface area contributed by atoms with Crippen LogP contribution >= 0.6 is 0 Å². The molecule has 1 saturated heterocycles. The van der Waals surface area contributed by atoms with Crippen molar-refractivity contribution in [3.63, 3.8) is 0 Å². The Kier molecular flexibility index (Phi) is 9.55. The van der Waals surface area contributed by atoms with Gasteiger partial charge >= 0.3 is 0 Å². The number of carbonyl (C=O) groups is 2. The Morgan fingerprint density at radius 3 is 2.58 bits per heavy atom. The first-order chi connectivity index (χ1) is 18.0. The molecule has 0 aliphatic carbocycles. The third kappa shape index (κ3) is 6.94. The van der Waals surface area contributed by atoms with Gasteiger partial charge in [-0.2, -0.15) is 0 Å². The normalized spacial score (nSPS) is 16.6. The quantitative estimate of drug-likeness (QED) is 0.177. The summed E-state index contributed by atoms with van der Waals surface area (Å²) in [5, 5.41) is 18.8. The largest absolute Gasteiger partial charge is 0.338 e. The van der Waals surface area contributed by atoms with Crippen LogP contribution in [-0.4, -0.2) is 46.4 Å². The van der Waals surface area contributed by atoms with Gasteiger partial charge in [0.05, 0.1) is 11.5 Å². The van der Waals surface area contributed by atoms with Crippen LogP contribution in [0.1, 0.15) is 61.5 Å². The van der Waals surface area contributed by atoms with E-state index in [9.17, 15) is 14.0 Å². The number of rotatable bonds is 9. The highest BCUT2D eigenvalue weighted by Crippen LogP contribution is 2.26. The minimum Gasteiger partial charge on any atom is -0.338 e. The second kappa shape index (κ2) is 12.6. The number of hydrogen-bond donors (Lipinski definition) is 3. The van der Waals surface area contributed by atoms with Gasteiger partial charge in [-0.1, -0.05) is 38.7 Å². The van der Waals surface area contributed by atoms with Crippen molar-refractivity contribution in [1.82, 2.24) is 15.1 Å². The zero-order valence-corrected chi connectivity index (χ0v) is 22.6. The molecule has 0 radical (unpaired) electrons. The molecular formula is C30H38FN5O2. The molecular weight excluding hydrogens is 481 g/mol. The van der Waals surface area contributed by atoms with Gasteiger partial charge < -0.3 is 15.1 Å². The zero-order valence-electron chi connectivity index (χ0n) is 22.6. The summed E-state index contributed by atoms with van der Waals surface area (Å²) in [4.78, 5) is 29.3. The zero-order chi connectivity index (χ0) is 28.0. The fraction of sp³-hybridized carbons (Fsp3) is 0.400. The smallest absolute Gasteiger partial charge is 0.258 e. The minimum atomic E-state index is -0.619. The molecule has 0 spiro atoms. The van der Waals surface area contributed by atoms with Gasteiger partial charge in [-0.25, -0.2) is 4.39 Å². The fourth-order valence-electron chi connectivity index (χ4n) is 4.76. The number of nitrogens with one attached hydrogen (secondary N) is 3. The summed E-state index contributed by atoms with van der Waals surface area (Å²) < 4.78 is 14.8. The van der Waals surface area contributed by atoms with E-state index in [0.29, 0.717) is 49.8 Å². The van der Waals surface area contributed by atoms with Gasteiger partial charge in [0.25, 0.3) is 5.91 Å². The van der Waals surface area contributed by atoms with Gasteiger partial charge in [0.2, 0.25) is 5.91 Å². The van der Waals surface area contributed by atoms with Gasteiger partial charge in [-0.05, 0) is 67.0 Å². The number of amides is 2. The predicted molar refractivity (Wildman–Crippen MR) is 150 cm³/mol. The summed E-state index contributed by atoms with van der Waals surface area (Å²) in [6, 6.07) is 2.91. The fourth-order valence-corrected chi connectivity index (χ4v) is 4.76. The molecule has 0 aromatic heterocycles. The highest BCUT2D eigenvalue weighted by atomic mass is 19.1. The summed E-state index contributed by atoms with van der Waals surface area (Å²) in [5.74, 6) is -0.412. The molecule has 0 bridgehead atoms. The standard InChI is InChI=1S/C30H38FN5O2/c1-6-22(15-19(2)3)30(38)35-14-12-23-17-26(31)25(16-24(23)18-35)29(37)34-21(5)10-7-9-20(4)28(33)36-13-8-11-27(36)32/h6-7,9-10,16-17,19,22,32-33H,1,5,8,11-15,18H2,2-4H3,(H,34,37)/b10-7-,20-9+,32-27?,33-28?/t22-/m0/s1. The Balaban J connectivity index is 1.65. The molecule has 2 aliphatic rings. The van der Waals surface area contributed by atoms with Crippen LogP contribution in [0.5, 0.6) is 0 Å². The highest BCUT2D eigenvalue weighted by molar-refractivity contribution is 6.07. The predicted octanol–water partition coefficient (Wildman–Crippen LogP) is 5.36. The van der Waals surface area contributed by atoms with Gasteiger partial charge in [0.1, 0.15) is 17.5 Å². The van der Waals surface area contributed by atoms with Crippen LogP contribution in [0.15, 0.2) is 60.9 Å². The number of amidine groups is 2. The molecule has 2 amide bonds. The van der Waals surface area contributed by atoms with Gasteiger partial charge in [-0.3, -0.25) is 20.4 Å². The Bertz CT molecular complexity index is 1210. The summed E-state index contributed by atoms with van der Waals surface area (Å²) in [7, 11) is 0. The Morgan fingerprint density at radius 2 is 1.95 bits per heavy atom. The summed E-state index contributed by atoms with van der Waals surface area (Å²) in [6.45, 7) is 15.1. The van der Waals surface area contributed by atoms with Crippen LogP contribution in [0.4, 0.5) is 4.39 Å². The highest BCUT2D eigenvalue weighted by Gasteiger charge is 2.28. The van der Waals surface area contributed by atoms with Gasteiger partial charge in [0.15, 0.2) is 0 Å². The average Bonchev–Trinajstić information content (AvgIpc) is 3.30. The summed E-state index contributed by atoms with van der Waals surface area (Å²) in [5.41, 5.74) is 2.41. The minimum absolute atomic E-state index is 0.00573. The second-order valence-corrected chi connectivity index (χ2v) is 10.3. The molecule has 2 heterocycles. The van der Waals surface area contributed by atoms with Crippen LogP contribution in [0.2, 0.25) is 0 Å². The average molecular weight is 520 g/mol. The lowest BCUT2D eigenvalue weighted by molar-refractivity contribution is -0.135. The molecule has 202 valence electrons. The molecule has 2 aliphatic heterocycles. The maximum atomic E-state index is 14.8. The van der Waals surface area contributed by atoms with Crippen molar-refractivity contribution in [2.45, 2.75) is 53.0 Å². The van der Waals surface area contributed by atoms with E-state index in [0.717, 1.165) is 24.0 Å². The summed E-state index contributed by atoms with van der Waals surface area (Å²) >= 11 is 0. The molecule has 1 fully saturated rings. The Morgan fingerprint density at radius 1 is 1.21 bits per heavy atom. The van der Waals surface area contributed by atoms with E-state index in [4.69, 9.17) is 10.8 Å². The second-order valence-electron chi connectivity index (χ2n) is 10.3. The first kappa shape index (κ1) is 28.8. The number of likely N-dealkylation sites (tertiary alicyclic amines) is 1. The van der Waals surface area contributed by atoms with Crippen molar-refractivity contribution in [2.24, 2.45) is 11.8 Å². The molecule has 3 rings (SSSR count). The molecule has 1 aromatic carbocycles. The number of carbonyl (C=O) groups excluding carboxylic acids is 2. The monoisotopic (exact) mass is 519 g/mol. The van der Waals surface area contributed by atoms with E-state index < -0.39 is 11.7 Å². The number of nitrogens with zero attached hydrogens (tertiary/aromatic N) is 2. The van der Waals surface area contributed by atoms with E-state index in [1.165, 1.54) is 12.1 Å². The molecule has 8 heteroatoms. The molecule has 1 atom stereocenters. The lowest BCUT2D eigenvalue weighted by atomic mass is 9.92. The Labute approximate surface area is 224 Å². The topological polar surface area (TPSA) is 100 Å². The number of benzene rings is 1. The number of halogens is 1. The lowest BCUT2D eigenvalue weighted by Crippen LogP contribution is -2.40. The van der Waals surface area contributed by atoms with E-state index in [1.54, 1.807) is 41.0 Å². The first-order valence-corrected chi connectivity index (χ1v) is 13.0. The van der Waals surface area contributed by atoms with Crippen LogP contribution < -0.4 is 5.32 Å². The maximum absolute atomic E-state index is 14.8. The first-order valence-electron chi connectivity index (χ1n) is 13.0. The van der Waals surface area contributed by atoms with Crippen LogP contribution in [0, 0.1) is 28.5 Å². The van der Waals surface area contributed by atoms with E-state index in [1.807, 2.05) is 0 Å². The third-order valence-corrected chi connectivity index (χ3v) is 6.87. The van der Waals surface area contributed by atoms with Crippen LogP contribution in [0.3, 0.4) is 0 Å². The number of hydrogen-bond acceptors (Lipinski definition) is 4. The molecule has 0 saturated carbocycles. The van der Waals surface area contributed by atoms with Gasteiger partial charge in [-0.15, -0.1) is 6.58 Å². The molecule has 3 N–H and O–H groups in total. The number of allylic oxidation sites excluding steroid dienone is 3. The van der Waals surface area contributed by atoms with Crippen molar-refractivity contribution < 1.29 is 14.0 Å². The van der Waals surface area contributed by atoms with Crippen LogP contribution in [0.25, 0.3) is 0 Å². The van der Waals surface area contributed by atoms with E-state index in [-0.39, 0.29) is 28.9 Å². The lowest BCUT2D eigenvalue weighted by Gasteiger charge is -2.32. The number of fused-ring (bicyclic) bond motifs is 1. The van der Waals surface area contributed by atoms with Crippen molar-refractivity contribution in [2.75, 3.05) is 13.1 Å². The third-order valence-electron chi connectivity index (χ3n) is 6.87. The molecule has 0 unspecified atom stereocenters.